The van der Waals surface area contributed by atoms with Gasteiger partial charge in [-0.1, -0.05) is 12.2 Å². The number of likely N-dealkylation sites (N-methyl/N-ethyl adjacent to an activating group) is 1. The summed E-state index contributed by atoms with van der Waals surface area (Å²) in [6.07, 6.45) is 0. The standard InChI is InChI=1S/C11H15FN2O2S/c1-8(2)7-14(3)17(15,16)11-5-4-9(13)6-10(11)12/h4-6H,1,7,13H2,2-3H3. The zero-order chi connectivity index (χ0) is 13.2. The molecule has 0 spiro atoms. The molecule has 1 aromatic rings. The topological polar surface area (TPSA) is 63.4 Å². The molecule has 0 fully saturated rings. The van der Waals surface area contributed by atoms with E-state index in [1.165, 1.54) is 13.1 Å². The molecule has 0 saturated carbocycles. The summed E-state index contributed by atoms with van der Waals surface area (Å²) in [7, 11) is -2.46. The van der Waals surface area contributed by atoms with E-state index in [1.807, 2.05) is 0 Å². The average molecular weight is 258 g/mol. The zero-order valence-corrected chi connectivity index (χ0v) is 10.6. The summed E-state index contributed by atoms with van der Waals surface area (Å²) in [5.41, 5.74) is 6.22. The largest absolute Gasteiger partial charge is 0.399 e. The highest BCUT2D eigenvalue weighted by Crippen LogP contribution is 2.20. The first kappa shape index (κ1) is 13.7. The minimum atomic E-state index is -3.84. The molecule has 0 atom stereocenters. The number of nitrogens with zero attached hydrogens (tertiary/aromatic N) is 1. The van der Waals surface area contributed by atoms with Gasteiger partial charge in [-0.3, -0.25) is 0 Å². The van der Waals surface area contributed by atoms with Crippen molar-refractivity contribution < 1.29 is 12.8 Å². The lowest BCUT2D eigenvalue weighted by molar-refractivity contribution is 0.484. The van der Waals surface area contributed by atoms with Crippen LogP contribution < -0.4 is 5.73 Å². The van der Waals surface area contributed by atoms with Crippen molar-refractivity contribution in [3.8, 4) is 0 Å². The number of hydrogen-bond donors (Lipinski definition) is 1. The summed E-state index contributed by atoms with van der Waals surface area (Å²) in [5.74, 6) is -0.849. The number of benzene rings is 1. The van der Waals surface area contributed by atoms with Gasteiger partial charge < -0.3 is 5.73 Å². The molecule has 0 radical (unpaired) electrons. The first-order chi connectivity index (χ1) is 7.75. The summed E-state index contributed by atoms with van der Waals surface area (Å²) in [5, 5.41) is 0. The average Bonchev–Trinajstić information content (AvgIpc) is 2.15. The molecule has 0 heterocycles. The number of halogens is 1. The maximum Gasteiger partial charge on any atom is 0.246 e. The molecule has 0 saturated heterocycles. The predicted octanol–water partition coefficient (Wildman–Crippen LogP) is 1.60. The number of nitrogens with two attached hydrogens (primary N) is 1. The molecule has 1 aromatic carbocycles. The van der Waals surface area contributed by atoms with Gasteiger partial charge in [-0.2, -0.15) is 4.31 Å². The second-order valence-electron chi connectivity index (χ2n) is 3.91. The van der Waals surface area contributed by atoms with E-state index in [1.54, 1.807) is 6.92 Å². The molecular weight excluding hydrogens is 243 g/mol. The number of anilines is 1. The van der Waals surface area contributed by atoms with Gasteiger partial charge in [0, 0.05) is 19.3 Å². The van der Waals surface area contributed by atoms with E-state index in [9.17, 15) is 12.8 Å². The van der Waals surface area contributed by atoms with Crippen LogP contribution in [0.3, 0.4) is 0 Å². The fraction of sp³-hybridized carbons (Fsp3) is 0.273. The van der Waals surface area contributed by atoms with Crippen molar-refractivity contribution in [2.75, 3.05) is 19.3 Å². The van der Waals surface area contributed by atoms with E-state index in [0.29, 0.717) is 5.57 Å². The molecule has 2 N–H and O–H groups in total. The lowest BCUT2D eigenvalue weighted by Gasteiger charge is -2.17. The smallest absolute Gasteiger partial charge is 0.246 e. The third kappa shape index (κ3) is 3.04. The molecular formula is C11H15FN2O2S. The monoisotopic (exact) mass is 258 g/mol. The lowest BCUT2D eigenvalue weighted by Crippen LogP contribution is -2.29. The molecule has 0 unspecified atom stereocenters. The van der Waals surface area contributed by atoms with E-state index in [4.69, 9.17) is 5.73 Å². The van der Waals surface area contributed by atoms with Gasteiger partial charge in [-0.05, 0) is 25.1 Å². The summed E-state index contributed by atoms with van der Waals surface area (Å²) in [4.78, 5) is -0.379. The van der Waals surface area contributed by atoms with Gasteiger partial charge in [-0.15, -0.1) is 0 Å². The van der Waals surface area contributed by atoms with E-state index in [0.717, 1.165) is 16.4 Å². The van der Waals surface area contributed by atoms with Gasteiger partial charge in [0.1, 0.15) is 10.7 Å². The van der Waals surface area contributed by atoms with Gasteiger partial charge in [0.05, 0.1) is 0 Å². The third-order valence-electron chi connectivity index (χ3n) is 2.14. The molecule has 94 valence electrons. The van der Waals surface area contributed by atoms with Crippen LogP contribution in [0.25, 0.3) is 0 Å². The number of nitrogen functional groups attached to an aromatic ring is 1. The van der Waals surface area contributed by atoms with Crippen LogP contribution in [-0.4, -0.2) is 26.3 Å². The van der Waals surface area contributed by atoms with Gasteiger partial charge in [0.15, 0.2) is 0 Å². The van der Waals surface area contributed by atoms with Crippen LogP contribution in [0.2, 0.25) is 0 Å². The highest BCUT2D eigenvalue weighted by molar-refractivity contribution is 7.89. The Balaban J connectivity index is 3.17. The quantitative estimate of drug-likeness (QED) is 0.659. The normalized spacial score (nSPS) is 11.8. The van der Waals surface area contributed by atoms with Gasteiger partial charge in [0.2, 0.25) is 10.0 Å². The van der Waals surface area contributed by atoms with Crippen LogP contribution in [0, 0.1) is 5.82 Å². The molecule has 6 heteroatoms. The first-order valence-electron chi connectivity index (χ1n) is 4.91. The van der Waals surface area contributed by atoms with Crippen LogP contribution in [0.5, 0.6) is 0 Å². The molecule has 0 bridgehead atoms. The number of hydrogen-bond acceptors (Lipinski definition) is 3. The van der Waals surface area contributed by atoms with E-state index in [-0.39, 0.29) is 17.1 Å². The SMILES string of the molecule is C=C(C)CN(C)S(=O)(=O)c1ccc(N)cc1F. The molecule has 0 amide bonds. The Kier molecular flexibility index (Phi) is 3.90. The van der Waals surface area contributed by atoms with Crippen LogP contribution in [-0.2, 0) is 10.0 Å². The van der Waals surface area contributed by atoms with E-state index in [2.05, 4.69) is 6.58 Å². The fourth-order valence-corrected chi connectivity index (χ4v) is 2.63. The Hall–Kier alpha value is -1.40. The van der Waals surface area contributed by atoms with Crippen LogP contribution in [0.15, 0.2) is 35.2 Å². The van der Waals surface area contributed by atoms with Gasteiger partial charge >= 0.3 is 0 Å². The fourth-order valence-electron chi connectivity index (χ4n) is 1.36. The van der Waals surface area contributed by atoms with Crippen molar-refractivity contribution >= 4 is 15.7 Å². The van der Waals surface area contributed by atoms with E-state index < -0.39 is 15.8 Å². The molecule has 17 heavy (non-hydrogen) atoms. The maximum atomic E-state index is 13.5. The lowest BCUT2D eigenvalue weighted by atomic mass is 10.3. The Morgan fingerprint density at radius 3 is 2.59 bits per heavy atom. The number of rotatable bonds is 4. The van der Waals surface area contributed by atoms with Crippen molar-refractivity contribution in [3.63, 3.8) is 0 Å². The Morgan fingerprint density at radius 1 is 1.53 bits per heavy atom. The summed E-state index contributed by atoms with van der Waals surface area (Å²) in [6.45, 7) is 5.46. The van der Waals surface area contributed by atoms with Crippen molar-refractivity contribution in [2.45, 2.75) is 11.8 Å². The highest BCUT2D eigenvalue weighted by atomic mass is 32.2. The molecule has 0 aliphatic carbocycles. The molecule has 0 aromatic heterocycles. The van der Waals surface area contributed by atoms with Crippen LogP contribution in [0.1, 0.15) is 6.92 Å². The minimum Gasteiger partial charge on any atom is -0.399 e. The minimum absolute atomic E-state index is 0.145. The highest BCUT2D eigenvalue weighted by Gasteiger charge is 2.24. The Labute approximate surface area is 101 Å². The predicted molar refractivity (Wildman–Crippen MR) is 65.4 cm³/mol. The van der Waals surface area contributed by atoms with Crippen molar-refractivity contribution in [1.82, 2.24) is 4.31 Å². The molecule has 0 aliphatic heterocycles. The second kappa shape index (κ2) is 4.85. The van der Waals surface area contributed by atoms with Crippen LogP contribution in [0.4, 0.5) is 10.1 Å². The van der Waals surface area contributed by atoms with Crippen molar-refractivity contribution in [3.05, 3.63) is 36.2 Å². The van der Waals surface area contributed by atoms with Gasteiger partial charge in [-0.25, -0.2) is 12.8 Å². The molecule has 1 rings (SSSR count). The molecule has 4 nitrogen and oxygen atoms in total. The Bertz CT molecular complexity index is 540. The van der Waals surface area contributed by atoms with Gasteiger partial charge in [0.25, 0.3) is 0 Å². The summed E-state index contributed by atoms with van der Waals surface area (Å²) < 4.78 is 38.6. The summed E-state index contributed by atoms with van der Waals surface area (Å²) >= 11 is 0. The maximum absolute atomic E-state index is 13.5. The third-order valence-corrected chi connectivity index (χ3v) is 3.97. The summed E-state index contributed by atoms with van der Waals surface area (Å²) in [6, 6.07) is 3.50. The van der Waals surface area contributed by atoms with E-state index >= 15 is 0 Å². The number of sulfonamides is 1. The van der Waals surface area contributed by atoms with Crippen molar-refractivity contribution in [2.24, 2.45) is 0 Å². The van der Waals surface area contributed by atoms with Crippen LogP contribution >= 0.6 is 0 Å². The zero-order valence-electron chi connectivity index (χ0n) is 9.77. The Morgan fingerprint density at radius 2 is 2.12 bits per heavy atom. The van der Waals surface area contributed by atoms with Crippen molar-refractivity contribution in [1.29, 1.82) is 0 Å². The first-order valence-corrected chi connectivity index (χ1v) is 6.35. The molecule has 0 aliphatic rings. The second-order valence-corrected chi connectivity index (χ2v) is 5.92.